The highest BCUT2D eigenvalue weighted by atomic mass is 127. The Hall–Kier alpha value is -0.760. The lowest BCUT2D eigenvalue weighted by Gasteiger charge is -2.02. The van der Waals surface area contributed by atoms with Crippen molar-refractivity contribution in [3.8, 4) is 6.01 Å². The van der Waals surface area contributed by atoms with Crippen LogP contribution >= 0.6 is 33.9 Å². The van der Waals surface area contributed by atoms with Gasteiger partial charge in [0.05, 0.1) is 17.8 Å². The summed E-state index contributed by atoms with van der Waals surface area (Å²) in [7, 11) is 0. The number of halogens is 1. The molecule has 0 aliphatic rings. The largest absolute Gasteiger partial charge is 0.463 e. The molecule has 0 aliphatic heterocycles. The predicted molar refractivity (Wildman–Crippen MR) is 70.8 cm³/mol. The normalized spacial score (nSPS) is 10.4. The lowest BCUT2D eigenvalue weighted by atomic mass is 10.3. The minimum atomic E-state index is 0.433. The van der Waals surface area contributed by atoms with Crippen LogP contribution in [0, 0.1) is 10.5 Å². The van der Waals surface area contributed by atoms with Crippen molar-refractivity contribution in [2.75, 3.05) is 6.61 Å². The van der Waals surface area contributed by atoms with Gasteiger partial charge in [0.15, 0.2) is 0 Å². The maximum Gasteiger partial charge on any atom is 0.316 e. The Labute approximate surface area is 111 Å². The molecule has 2 aromatic heterocycles. The van der Waals surface area contributed by atoms with Gasteiger partial charge in [-0.25, -0.2) is 15.0 Å². The van der Waals surface area contributed by atoms with Crippen LogP contribution < -0.4 is 4.74 Å². The number of rotatable bonds is 4. The molecule has 0 aromatic carbocycles. The van der Waals surface area contributed by atoms with Gasteiger partial charge in [-0.05, 0) is 29.5 Å². The van der Waals surface area contributed by atoms with Crippen molar-refractivity contribution in [3.63, 3.8) is 0 Å². The van der Waals surface area contributed by atoms with Crippen LogP contribution in [0.4, 0.5) is 0 Å². The molecule has 0 atom stereocenters. The van der Waals surface area contributed by atoms with Gasteiger partial charge in [-0.15, -0.1) is 11.3 Å². The zero-order chi connectivity index (χ0) is 11.4. The maximum absolute atomic E-state index is 5.44. The molecule has 6 heteroatoms. The summed E-state index contributed by atoms with van der Waals surface area (Å²) in [5, 5.41) is 0. The van der Waals surface area contributed by atoms with Gasteiger partial charge in [-0.2, -0.15) is 0 Å². The molecule has 0 saturated carbocycles. The molecule has 0 bridgehead atoms. The average molecular weight is 347 g/mol. The fourth-order valence-corrected chi connectivity index (χ4v) is 2.22. The van der Waals surface area contributed by atoms with E-state index in [-0.39, 0.29) is 0 Å². The van der Waals surface area contributed by atoms with Crippen LogP contribution in [0.1, 0.15) is 10.6 Å². The monoisotopic (exact) mass is 347 g/mol. The molecule has 2 rings (SSSR count). The number of nitrogens with zero attached hydrogens (tertiary/aromatic N) is 3. The first-order valence-corrected chi connectivity index (χ1v) is 6.71. The smallest absolute Gasteiger partial charge is 0.316 e. The first kappa shape index (κ1) is 11.7. The van der Waals surface area contributed by atoms with E-state index in [4.69, 9.17) is 4.74 Å². The lowest BCUT2D eigenvalue weighted by Crippen LogP contribution is -2.04. The number of aromatic nitrogens is 3. The number of hydrogen-bond donors (Lipinski definition) is 0. The van der Waals surface area contributed by atoms with E-state index < -0.39 is 0 Å². The van der Waals surface area contributed by atoms with Gasteiger partial charge < -0.3 is 4.74 Å². The number of aryl methyl sites for hydroxylation is 1. The third kappa shape index (κ3) is 3.11. The fourth-order valence-electron chi connectivity index (χ4n) is 1.18. The number of hydrogen-bond acceptors (Lipinski definition) is 5. The molecule has 0 radical (unpaired) electrons. The second-order valence-corrected chi connectivity index (χ2v) is 5.33. The minimum Gasteiger partial charge on any atom is -0.463 e. The van der Waals surface area contributed by atoms with Gasteiger partial charge in [0.1, 0.15) is 0 Å². The first-order chi connectivity index (χ1) is 7.75. The molecule has 0 unspecified atom stereocenters. The van der Waals surface area contributed by atoms with Crippen LogP contribution in [0.3, 0.4) is 0 Å². The summed E-state index contributed by atoms with van der Waals surface area (Å²) in [4.78, 5) is 13.6. The molecule has 0 N–H and O–H groups in total. The molecule has 16 heavy (non-hydrogen) atoms. The minimum absolute atomic E-state index is 0.433. The van der Waals surface area contributed by atoms with Crippen LogP contribution in [0.25, 0.3) is 0 Å². The topological polar surface area (TPSA) is 47.9 Å². The van der Waals surface area contributed by atoms with Crippen LogP contribution in [0.2, 0.25) is 0 Å². The summed E-state index contributed by atoms with van der Waals surface area (Å²) in [6.07, 6.45) is 4.33. The van der Waals surface area contributed by atoms with Crippen LogP contribution in [0.15, 0.2) is 17.9 Å². The van der Waals surface area contributed by atoms with Crippen LogP contribution in [-0.4, -0.2) is 21.6 Å². The standard InChI is InChI=1S/C10H10IN3OS/c1-7-9(16-6-14-7)2-3-15-10-12-4-8(11)5-13-10/h4-6H,2-3H2,1H3. The number of thiazole rings is 1. The van der Waals surface area contributed by atoms with Crippen molar-refractivity contribution in [3.05, 3.63) is 32.0 Å². The van der Waals surface area contributed by atoms with E-state index >= 15 is 0 Å². The van der Waals surface area contributed by atoms with E-state index in [2.05, 4.69) is 37.5 Å². The summed E-state index contributed by atoms with van der Waals surface area (Å²) in [5.41, 5.74) is 2.93. The molecule has 0 fully saturated rings. The Morgan fingerprint density at radius 2 is 2.06 bits per heavy atom. The molecule has 0 spiro atoms. The van der Waals surface area contributed by atoms with Gasteiger partial charge >= 0.3 is 6.01 Å². The SMILES string of the molecule is Cc1ncsc1CCOc1ncc(I)cn1. The highest BCUT2D eigenvalue weighted by Gasteiger charge is 2.02. The van der Waals surface area contributed by atoms with Crippen LogP contribution in [-0.2, 0) is 6.42 Å². The van der Waals surface area contributed by atoms with E-state index in [0.717, 1.165) is 15.7 Å². The summed E-state index contributed by atoms with van der Waals surface area (Å²) in [5.74, 6) is 0. The van der Waals surface area contributed by atoms with E-state index in [9.17, 15) is 0 Å². The second kappa shape index (κ2) is 5.53. The maximum atomic E-state index is 5.44. The molecular formula is C10H10IN3OS. The van der Waals surface area contributed by atoms with Crippen LogP contribution in [0.5, 0.6) is 6.01 Å². The van der Waals surface area contributed by atoms with Gasteiger partial charge in [-0.1, -0.05) is 0 Å². The Bertz CT molecular complexity index is 457. The third-order valence-corrected chi connectivity index (χ3v) is 3.55. The first-order valence-electron chi connectivity index (χ1n) is 4.75. The Kier molecular flexibility index (Phi) is 4.05. The summed E-state index contributed by atoms with van der Waals surface area (Å²) in [6, 6.07) is 0.433. The molecule has 0 saturated heterocycles. The van der Waals surface area contributed by atoms with Crippen molar-refractivity contribution in [2.45, 2.75) is 13.3 Å². The Balaban J connectivity index is 1.84. The van der Waals surface area contributed by atoms with Gasteiger partial charge in [0, 0.05) is 27.3 Å². The van der Waals surface area contributed by atoms with Crippen molar-refractivity contribution in [1.29, 1.82) is 0 Å². The summed E-state index contributed by atoms with van der Waals surface area (Å²) < 4.78 is 6.45. The molecule has 4 nitrogen and oxygen atoms in total. The summed E-state index contributed by atoms with van der Waals surface area (Å²) in [6.45, 7) is 2.59. The van der Waals surface area contributed by atoms with E-state index in [1.807, 2.05) is 12.4 Å². The van der Waals surface area contributed by atoms with E-state index in [1.165, 1.54) is 4.88 Å². The zero-order valence-corrected chi connectivity index (χ0v) is 11.7. The van der Waals surface area contributed by atoms with Gasteiger partial charge in [-0.3, -0.25) is 0 Å². The van der Waals surface area contributed by atoms with Gasteiger partial charge in [0.25, 0.3) is 0 Å². The van der Waals surface area contributed by atoms with Crippen molar-refractivity contribution < 1.29 is 4.74 Å². The average Bonchev–Trinajstić information content (AvgIpc) is 2.68. The summed E-state index contributed by atoms with van der Waals surface area (Å²) >= 11 is 3.81. The van der Waals surface area contributed by atoms with Crippen molar-refractivity contribution in [2.24, 2.45) is 0 Å². The Morgan fingerprint density at radius 3 is 2.69 bits per heavy atom. The van der Waals surface area contributed by atoms with E-state index in [0.29, 0.717) is 12.6 Å². The molecule has 2 heterocycles. The van der Waals surface area contributed by atoms with Gasteiger partial charge in [0.2, 0.25) is 0 Å². The highest BCUT2D eigenvalue weighted by molar-refractivity contribution is 14.1. The highest BCUT2D eigenvalue weighted by Crippen LogP contribution is 2.13. The molecule has 84 valence electrons. The number of ether oxygens (including phenoxy) is 1. The van der Waals surface area contributed by atoms with Crippen molar-refractivity contribution >= 4 is 33.9 Å². The zero-order valence-electron chi connectivity index (χ0n) is 8.68. The lowest BCUT2D eigenvalue weighted by molar-refractivity contribution is 0.296. The van der Waals surface area contributed by atoms with Crippen molar-refractivity contribution in [1.82, 2.24) is 15.0 Å². The molecule has 0 aliphatic carbocycles. The molecular weight excluding hydrogens is 337 g/mol. The quantitative estimate of drug-likeness (QED) is 0.798. The second-order valence-electron chi connectivity index (χ2n) is 3.14. The third-order valence-electron chi connectivity index (χ3n) is 2.00. The molecule has 2 aromatic rings. The Morgan fingerprint density at radius 1 is 1.31 bits per heavy atom. The molecule has 0 amide bonds. The predicted octanol–water partition coefficient (Wildman–Crippen LogP) is 2.47. The fraction of sp³-hybridized carbons (Fsp3) is 0.300. The van der Waals surface area contributed by atoms with E-state index in [1.54, 1.807) is 23.7 Å².